The summed E-state index contributed by atoms with van der Waals surface area (Å²) in [5, 5.41) is 6.03. The Hall–Kier alpha value is -2.67. The van der Waals surface area contributed by atoms with Gasteiger partial charge in [-0.3, -0.25) is 4.79 Å². The first-order valence-corrected chi connectivity index (χ1v) is 9.47. The molecule has 0 spiro atoms. The quantitative estimate of drug-likeness (QED) is 0.690. The number of thiophene rings is 1. The van der Waals surface area contributed by atoms with Crippen molar-refractivity contribution in [2.24, 2.45) is 0 Å². The lowest BCUT2D eigenvalue weighted by Crippen LogP contribution is -2.38. The molecule has 4 rings (SSSR count). The molecule has 1 aliphatic heterocycles. The van der Waals surface area contributed by atoms with Gasteiger partial charge in [0.1, 0.15) is 11.8 Å². The van der Waals surface area contributed by atoms with Gasteiger partial charge in [-0.1, -0.05) is 23.4 Å². The molecular formula is C19H19N3O3S. The lowest BCUT2D eigenvalue weighted by Gasteiger charge is -2.33. The van der Waals surface area contributed by atoms with E-state index in [0.29, 0.717) is 18.3 Å². The Bertz CT molecular complexity index is 891. The van der Waals surface area contributed by atoms with Gasteiger partial charge in [-0.15, -0.1) is 11.3 Å². The normalized spacial score (nSPS) is 17.3. The number of hydrogen-bond donors (Lipinski definition) is 0. The summed E-state index contributed by atoms with van der Waals surface area (Å²) in [7, 11) is 1.62. The van der Waals surface area contributed by atoms with Crippen LogP contribution in [0.5, 0.6) is 5.75 Å². The van der Waals surface area contributed by atoms with Crippen molar-refractivity contribution in [3.63, 3.8) is 0 Å². The van der Waals surface area contributed by atoms with Crippen molar-refractivity contribution in [2.75, 3.05) is 13.7 Å². The molecule has 6 nitrogen and oxygen atoms in total. The predicted molar refractivity (Wildman–Crippen MR) is 98.2 cm³/mol. The number of ether oxygens (including phenoxy) is 1. The first-order chi connectivity index (χ1) is 12.8. The molecule has 1 fully saturated rings. The summed E-state index contributed by atoms with van der Waals surface area (Å²) in [6.07, 6.45) is 2.86. The molecule has 1 saturated heterocycles. The number of carbonyl (C=O) groups excluding carboxylic acids is 1. The maximum absolute atomic E-state index is 12.8. The molecule has 0 bridgehead atoms. The fourth-order valence-corrected chi connectivity index (χ4v) is 3.90. The molecule has 0 unspecified atom stereocenters. The first kappa shape index (κ1) is 16.8. The van der Waals surface area contributed by atoms with E-state index in [9.17, 15) is 4.79 Å². The fourth-order valence-electron chi connectivity index (χ4n) is 3.22. The third-order valence-corrected chi connectivity index (χ3v) is 5.41. The van der Waals surface area contributed by atoms with Gasteiger partial charge in [-0.25, -0.2) is 0 Å². The number of nitrogens with zero attached hydrogens (tertiary/aromatic N) is 3. The molecule has 1 aliphatic rings. The van der Waals surface area contributed by atoms with Crippen LogP contribution in [0.3, 0.4) is 0 Å². The van der Waals surface area contributed by atoms with Crippen LogP contribution >= 0.6 is 11.3 Å². The Labute approximate surface area is 155 Å². The first-order valence-electron chi connectivity index (χ1n) is 8.59. The summed E-state index contributed by atoms with van der Waals surface area (Å²) in [6, 6.07) is 11.1. The Morgan fingerprint density at radius 1 is 1.31 bits per heavy atom. The van der Waals surface area contributed by atoms with Crippen molar-refractivity contribution in [3.05, 3.63) is 52.5 Å². The van der Waals surface area contributed by atoms with Crippen molar-refractivity contribution in [1.29, 1.82) is 0 Å². The van der Waals surface area contributed by atoms with Gasteiger partial charge in [0.05, 0.1) is 12.0 Å². The highest BCUT2D eigenvalue weighted by Gasteiger charge is 2.33. The second-order valence-electron chi connectivity index (χ2n) is 6.18. The average Bonchev–Trinajstić information content (AvgIpc) is 3.39. The molecule has 1 aromatic carbocycles. The van der Waals surface area contributed by atoms with E-state index in [0.717, 1.165) is 35.5 Å². The maximum atomic E-state index is 12.8. The van der Waals surface area contributed by atoms with E-state index in [1.165, 1.54) is 11.3 Å². The molecule has 0 N–H and O–H groups in total. The highest BCUT2D eigenvalue weighted by atomic mass is 32.1. The number of piperidine rings is 1. The van der Waals surface area contributed by atoms with E-state index in [2.05, 4.69) is 10.1 Å². The van der Waals surface area contributed by atoms with Crippen LogP contribution in [0, 0.1) is 0 Å². The summed E-state index contributed by atoms with van der Waals surface area (Å²) in [6.45, 7) is 0.707. The van der Waals surface area contributed by atoms with Crippen LogP contribution in [-0.2, 0) is 0 Å². The number of amides is 1. The van der Waals surface area contributed by atoms with Gasteiger partial charge in [-0.2, -0.15) is 4.98 Å². The van der Waals surface area contributed by atoms with E-state index in [1.807, 2.05) is 46.7 Å². The summed E-state index contributed by atoms with van der Waals surface area (Å²) in [5.74, 6) is 1.77. The monoisotopic (exact) mass is 369 g/mol. The molecule has 2 aromatic heterocycles. The number of methoxy groups -OCH3 is 1. The number of hydrogen-bond acceptors (Lipinski definition) is 6. The molecular weight excluding hydrogens is 350 g/mol. The number of likely N-dealkylation sites (tertiary alicyclic amines) is 1. The van der Waals surface area contributed by atoms with Crippen LogP contribution in [0.2, 0.25) is 0 Å². The maximum Gasteiger partial charge on any atom is 0.264 e. The van der Waals surface area contributed by atoms with Crippen molar-refractivity contribution < 1.29 is 14.1 Å². The molecule has 3 aromatic rings. The Kier molecular flexibility index (Phi) is 4.71. The van der Waals surface area contributed by atoms with Crippen LogP contribution in [0.15, 0.2) is 46.3 Å². The molecule has 0 aliphatic carbocycles. The summed E-state index contributed by atoms with van der Waals surface area (Å²) in [4.78, 5) is 20.0. The molecule has 1 amide bonds. The van der Waals surface area contributed by atoms with Gasteiger partial charge in [0.2, 0.25) is 11.7 Å². The van der Waals surface area contributed by atoms with E-state index >= 15 is 0 Å². The molecule has 0 saturated carbocycles. The van der Waals surface area contributed by atoms with E-state index in [4.69, 9.17) is 9.26 Å². The van der Waals surface area contributed by atoms with Gasteiger partial charge < -0.3 is 14.2 Å². The van der Waals surface area contributed by atoms with Crippen molar-refractivity contribution >= 4 is 17.2 Å². The molecule has 3 heterocycles. The highest BCUT2D eigenvalue weighted by Crippen LogP contribution is 2.33. The topological polar surface area (TPSA) is 68.5 Å². The second-order valence-corrected chi connectivity index (χ2v) is 7.12. The standard InChI is InChI=1S/C19H19N3O3S/c1-24-14-7-4-6-13(12-14)17-20-18(25-21-17)15-8-2-3-10-22(15)19(23)16-9-5-11-26-16/h4-7,9,11-12,15H,2-3,8,10H2,1H3/t15-/m1/s1. The predicted octanol–water partition coefficient (Wildman–Crippen LogP) is 4.17. The summed E-state index contributed by atoms with van der Waals surface area (Å²) >= 11 is 1.46. The van der Waals surface area contributed by atoms with E-state index in [1.54, 1.807) is 7.11 Å². The van der Waals surface area contributed by atoms with E-state index < -0.39 is 0 Å². The Balaban J connectivity index is 1.61. The van der Waals surface area contributed by atoms with Crippen LogP contribution in [0.4, 0.5) is 0 Å². The Morgan fingerprint density at radius 3 is 3.04 bits per heavy atom. The van der Waals surface area contributed by atoms with Crippen LogP contribution in [0.1, 0.15) is 40.9 Å². The van der Waals surface area contributed by atoms with Gasteiger partial charge in [-0.05, 0) is 42.8 Å². The number of rotatable bonds is 4. The molecule has 134 valence electrons. The zero-order valence-electron chi connectivity index (χ0n) is 14.4. The minimum atomic E-state index is -0.176. The SMILES string of the molecule is COc1cccc(-c2noc([C@H]3CCCCN3C(=O)c3cccs3)n2)c1. The largest absolute Gasteiger partial charge is 0.497 e. The number of aromatic nitrogens is 2. The van der Waals surface area contributed by atoms with Crippen molar-refractivity contribution in [2.45, 2.75) is 25.3 Å². The van der Waals surface area contributed by atoms with Crippen LogP contribution < -0.4 is 4.74 Å². The molecule has 26 heavy (non-hydrogen) atoms. The zero-order chi connectivity index (χ0) is 17.9. The van der Waals surface area contributed by atoms with Gasteiger partial charge in [0, 0.05) is 12.1 Å². The Morgan fingerprint density at radius 2 is 2.23 bits per heavy atom. The molecule has 0 radical (unpaired) electrons. The molecule has 7 heteroatoms. The van der Waals surface area contributed by atoms with Crippen LogP contribution in [0.25, 0.3) is 11.4 Å². The zero-order valence-corrected chi connectivity index (χ0v) is 15.2. The third-order valence-electron chi connectivity index (χ3n) is 4.55. The summed E-state index contributed by atoms with van der Waals surface area (Å²) < 4.78 is 10.8. The molecule has 1 atom stereocenters. The third kappa shape index (κ3) is 3.22. The van der Waals surface area contributed by atoms with Gasteiger partial charge >= 0.3 is 0 Å². The van der Waals surface area contributed by atoms with E-state index in [-0.39, 0.29) is 11.9 Å². The van der Waals surface area contributed by atoms with Crippen LogP contribution in [-0.4, -0.2) is 34.6 Å². The van der Waals surface area contributed by atoms with Gasteiger partial charge in [0.25, 0.3) is 5.91 Å². The average molecular weight is 369 g/mol. The minimum Gasteiger partial charge on any atom is -0.497 e. The lowest BCUT2D eigenvalue weighted by molar-refractivity contribution is 0.0566. The lowest BCUT2D eigenvalue weighted by atomic mass is 10.0. The fraction of sp³-hybridized carbons (Fsp3) is 0.316. The second kappa shape index (κ2) is 7.29. The summed E-state index contributed by atoms with van der Waals surface area (Å²) in [5.41, 5.74) is 0.825. The number of carbonyl (C=O) groups is 1. The smallest absolute Gasteiger partial charge is 0.264 e. The van der Waals surface area contributed by atoms with Crippen molar-refractivity contribution in [1.82, 2.24) is 15.0 Å². The highest BCUT2D eigenvalue weighted by molar-refractivity contribution is 7.12. The van der Waals surface area contributed by atoms with Gasteiger partial charge in [0.15, 0.2) is 0 Å². The number of benzene rings is 1. The van der Waals surface area contributed by atoms with Crippen molar-refractivity contribution in [3.8, 4) is 17.1 Å². The minimum absolute atomic E-state index is 0.0332.